The largest absolute Gasteiger partial charge is 0.349 e. The average Bonchev–Trinajstić information content (AvgIpc) is 3.46. The zero-order chi connectivity index (χ0) is 20.8. The number of halogens is 2. The Balaban J connectivity index is 1.55. The lowest BCUT2D eigenvalue weighted by molar-refractivity contribution is 0.0951. The standard InChI is InChI=1S/C23H18ClFN4O/c1-13-5-6-15(23(30)26-16-7-8-16)11-18(13)14-9-10-29-20(12-14)27-28-22(29)17-3-2-4-19(25)21(17)24/h2-6,9-12,16H,7-8H2,1H3,(H,26,30). The van der Waals surface area contributed by atoms with Gasteiger partial charge in [-0.25, -0.2) is 4.39 Å². The number of hydrogen-bond acceptors (Lipinski definition) is 3. The fraction of sp³-hybridized carbons (Fsp3) is 0.174. The molecule has 1 amide bonds. The average molecular weight is 421 g/mol. The van der Waals surface area contributed by atoms with E-state index in [1.165, 1.54) is 6.07 Å². The van der Waals surface area contributed by atoms with Gasteiger partial charge >= 0.3 is 0 Å². The maximum absolute atomic E-state index is 13.9. The molecule has 1 aliphatic carbocycles. The van der Waals surface area contributed by atoms with E-state index in [1.54, 1.807) is 16.5 Å². The molecule has 30 heavy (non-hydrogen) atoms. The van der Waals surface area contributed by atoms with Gasteiger partial charge in [-0.15, -0.1) is 10.2 Å². The number of nitrogens with one attached hydrogen (secondary N) is 1. The summed E-state index contributed by atoms with van der Waals surface area (Å²) in [6.45, 7) is 2.00. The molecule has 0 unspecified atom stereocenters. The minimum Gasteiger partial charge on any atom is -0.349 e. The Morgan fingerprint density at radius 1 is 1.13 bits per heavy atom. The molecular weight excluding hydrogens is 403 g/mol. The van der Waals surface area contributed by atoms with Crippen LogP contribution in [0.2, 0.25) is 5.02 Å². The lowest BCUT2D eigenvalue weighted by atomic mass is 9.98. The fourth-order valence-electron chi connectivity index (χ4n) is 3.49. The second-order valence-electron chi connectivity index (χ2n) is 7.55. The molecule has 0 aliphatic heterocycles. The molecule has 0 spiro atoms. The predicted octanol–water partition coefficient (Wildman–Crippen LogP) is 5.06. The second-order valence-corrected chi connectivity index (χ2v) is 7.92. The maximum Gasteiger partial charge on any atom is 0.251 e. The van der Waals surface area contributed by atoms with Crippen molar-refractivity contribution in [3.05, 3.63) is 76.7 Å². The van der Waals surface area contributed by atoms with Crippen LogP contribution in [-0.2, 0) is 0 Å². The smallest absolute Gasteiger partial charge is 0.251 e. The van der Waals surface area contributed by atoms with Gasteiger partial charge in [-0.2, -0.15) is 0 Å². The summed E-state index contributed by atoms with van der Waals surface area (Å²) in [6.07, 6.45) is 3.93. The highest BCUT2D eigenvalue weighted by Crippen LogP contribution is 2.31. The van der Waals surface area contributed by atoms with Crippen LogP contribution in [0.1, 0.15) is 28.8 Å². The predicted molar refractivity (Wildman–Crippen MR) is 114 cm³/mol. The second kappa shape index (κ2) is 7.22. The number of benzene rings is 2. The highest BCUT2D eigenvalue weighted by molar-refractivity contribution is 6.33. The number of pyridine rings is 1. The Labute approximate surface area is 177 Å². The first-order chi connectivity index (χ1) is 14.5. The van der Waals surface area contributed by atoms with E-state index in [0.29, 0.717) is 28.6 Å². The summed E-state index contributed by atoms with van der Waals surface area (Å²) >= 11 is 6.13. The van der Waals surface area contributed by atoms with Gasteiger partial charge in [0.25, 0.3) is 5.91 Å². The molecule has 1 aliphatic rings. The third-order valence-electron chi connectivity index (χ3n) is 5.33. The Bertz CT molecular complexity index is 1300. The molecule has 4 aromatic rings. The van der Waals surface area contributed by atoms with Crippen LogP contribution in [0.3, 0.4) is 0 Å². The van der Waals surface area contributed by atoms with Gasteiger partial charge in [0.05, 0.1) is 5.02 Å². The fourth-order valence-corrected chi connectivity index (χ4v) is 3.70. The number of fused-ring (bicyclic) bond motifs is 1. The highest BCUT2D eigenvalue weighted by atomic mass is 35.5. The van der Waals surface area contributed by atoms with Crippen molar-refractivity contribution in [2.24, 2.45) is 0 Å². The third-order valence-corrected chi connectivity index (χ3v) is 5.71. The van der Waals surface area contributed by atoms with Crippen LogP contribution in [0.4, 0.5) is 4.39 Å². The van der Waals surface area contributed by atoms with E-state index >= 15 is 0 Å². The number of rotatable bonds is 4. The van der Waals surface area contributed by atoms with E-state index in [9.17, 15) is 9.18 Å². The molecular formula is C23H18ClFN4O. The lowest BCUT2D eigenvalue weighted by Gasteiger charge is -2.10. The van der Waals surface area contributed by atoms with Crippen molar-refractivity contribution in [3.63, 3.8) is 0 Å². The topological polar surface area (TPSA) is 59.3 Å². The molecule has 1 N–H and O–H groups in total. The molecule has 0 atom stereocenters. The molecule has 150 valence electrons. The van der Waals surface area contributed by atoms with Crippen LogP contribution in [0, 0.1) is 12.7 Å². The summed E-state index contributed by atoms with van der Waals surface area (Å²) in [5.41, 5.74) is 4.65. The van der Waals surface area contributed by atoms with Crippen LogP contribution >= 0.6 is 11.6 Å². The quantitative estimate of drug-likeness (QED) is 0.502. The Kier molecular flexibility index (Phi) is 4.51. The Hall–Kier alpha value is -3.25. The molecule has 1 saturated carbocycles. The molecule has 2 aromatic heterocycles. The molecule has 2 heterocycles. The normalized spacial score (nSPS) is 13.6. The van der Waals surface area contributed by atoms with Crippen molar-refractivity contribution < 1.29 is 9.18 Å². The van der Waals surface area contributed by atoms with Gasteiger partial charge in [-0.1, -0.05) is 23.7 Å². The van der Waals surface area contributed by atoms with Gasteiger partial charge in [0, 0.05) is 23.4 Å². The zero-order valence-corrected chi connectivity index (χ0v) is 16.9. The van der Waals surface area contributed by atoms with Gasteiger partial charge in [-0.3, -0.25) is 9.20 Å². The number of aryl methyl sites for hydroxylation is 1. The zero-order valence-electron chi connectivity index (χ0n) is 16.2. The molecule has 1 fully saturated rings. The van der Waals surface area contributed by atoms with Gasteiger partial charge in [0.15, 0.2) is 11.5 Å². The third kappa shape index (κ3) is 3.33. The first-order valence-corrected chi connectivity index (χ1v) is 10.1. The number of carbonyl (C=O) groups excluding carboxylic acids is 1. The van der Waals surface area contributed by atoms with E-state index in [1.807, 2.05) is 43.5 Å². The van der Waals surface area contributed by atoms with Crippen LogP contribution in [0.5, 0.6) is 0 Å². The highest BCUT2D eigenvalue weighted by Gasteiger charge is 2.24. The molecule has 5 rings (SSSR count). The monoisotopic (exact) mass is 420 g/mol. The van der Waals surface area contributed by atoms with Crippen molar-refractivity contribution in [2.75, 3.05) is 0 Å². The van der Waals surface area contributed by atoms with Crippen molar-refractivity contribution in [2.45, 2.75) is 25.8 Å². The molecule has 0 radical (unpaired) electrons. The van der Waals surface area contributed by atoms with E-state index in [-0.39, 0.29) is 10.9 Å². The van der Waals surface area contributed by atoms with Gasteiger partial charge in [0.1, 0.15) is 5.82 Å². The van der Waals surface area contributed by atoms with Crippen molar-refractivity contribution in [3.8, 4) is 22.5 Å². The minimum atomic E-state index is -0.501. The summed E-state index contributed by atoms with van der Waals surface area (Å²) < 4.78 is 15.6. The van der Waals surface area contributed by atoms with E-state index in [0.717, 1.165) is 29.5 Å². The first-order valence-electron chi connectivity index (χ1n) is 9.72. The molecule has 0 saturated heterocycles. The van der Waals surface area contributed by atoms with Crippen LogP contribution in [0.25, 0.3) is 28.2 Å². The van der Waals surface area contributed by atoms with Crippen molar-refractivity contribution in [1.82, 2.24) is 19.9 Å². The molecule has 2 aromatic carbocycles. The summed E-state index contributed by atoms with van der Waals surface area (Å²) in [5.74, 6) is -0.0832. The SMILES string of the molecule is Cc1ccc(C(=O)NC2CC2)cc1-c1ccn2c(-c3cccc(F)c3Cl)nnc2c1. The minimum absolute atomic E-state index is 0.0149. The van der Waals surface area contributed by atoms with Gasteiger partial charge < -0.3 is 5.32 Å². The summed E-state index contributed by atoms with van der Waals surface area (Å²) in [7, 11) is 0. The van der Waals surface area contributed by atoms with E-state index in [2.05, 4.69) is 15.5 Å². The number of aromatic nitrogens is 3. The van der Waals surface area contributed by atoms with E-state index < -0.39 is 5.82 Å². The Morgan fingerprint density at radius 2 is 1.97 bits per heavy atom. The molecule has 0 bridgehead atoms. The number of carbonyl (C=O) groups is 1. The van der Waals surface area contributed by atoms with Crippen molar-refractivity contribution >= 4 is 23.2 Å². The van der Waals surface area contributed by atoms with E-state index in [4.69, 9.17) is 11.6 Å². The number of amides is 1. The maximum atomic E-state index is 13.9. The number of nitrogens with zero attached hydrogens (tertiary/aromatic N) is 3. The van der Waals surface area contributed by atoms with Crippen molar-refractivity contribution in [1.29, 1.82) is 0 Å². The van der Waals surface area contributed by atoms with Gasteiger partial charge in [0.2, 0.25) is 0 Å². The molecule has 7 heteroatoms. The summed E-state index contributed by atoms with van der Waals surface area (Å²) in [5, 5.41) is 11.5. The lowest BCUT2D eigenvalue weighted by Crippen LogP contribution is -2.25. The first kappa shape index (κ1) is 18.8. The van der Waals surface area contributed by atoms with Crippen LogP contribution < -0.4 is 5.32 Å². The summed E-state index contributed by atoms with van der Waals surface area (Å²) in [4.78, 5) is 12.4. The summed E-state index contributed by atoms with van der Waals surface area (Å²) in [6, 6.07) is 14.4. The Morgan fingerprint density at radius 3 is 2.77 bits per heavy atom. The van der Waals surface area contributed by atoms with Crippen LogP contribution in [-0.4, -0.2) is 26.5 Å². The van der Waals surface area contributed by atoms with Crippen LogP contribution in [0.15, 0.2) is 54.7 Å². The molecule has 5 nitrogen and oxygen atoms in total. The number of hydrogen-bond donors (Lipinski definition) is 1. The van der Waals surface area contributed by atoms with Gasteiger partial charge in [-0.05, 0) is 72.9 Å².